The van der Waals surface area contributed by atoms with E-state index in [-0.39, 0.29) is 5.91 Å². The number of carbonyl (C=O) groups is 1. The molecule has 0 spiro atoms. The molecule has 0 aliphatic rings. The molecular weight excluding hydrogens is 228 g/mol. The summed E-state index contributed by atoms with van der Waals surface area (Å²) in [5.74, 6) is 6.26. The van der Waals surface area contributed by atoms with Gasteiger partial charge in [0.1, 0.15) is 5.82 Å². The average molecular weight is 250 g/mol. The lowest BCUT2D eigenvalue weighted by atomic mass is 10.1. The van der Waals surface area contributed by atoms with Gasteiger partial charge in [0.25, 0.3) is 5.91 Å². The topological polar surface area (TPSA) is 80.0 Å². The van der Waals surface area contributed by atoms with E-state index < -0.39 is 0 Å². The predicted octanol–water partition coefficient (Wildman–Crippen LogP) is 1.71. The van der Waals surface area contributed by atoms with Crippen LogP contribution in [0.15, 0.2) is 12.1 Å². The Morgan fingerprint density at radius 3 is 2.72 bits per heavy atom. The molecule has 1 amide bonds. The fourth-order valence-corrected chi connectivity index (χ4v) is 1.49. The van der Waals surface area contributed by atoms with Crippen molar-refractivity contribution in [1.29, 1.82) is 0 Å². The minimum absolute atomic E-state index is 0.0797. The number of nitrogen functional groups attached to an aromatic ring is 1. The third kappa shape index (κ3) is 4.00. The van der Waals surface area contributed by atoms with Crippen molar-refractivity contribution in [3.8, 4) is 0 Å². The summed E-state index contributed by atoms with van der Waals surface area (Å²) in [6, 6.07) is 3.46. The van der Waals surface area contributed by atoms with Gasteiger partial charge in [0.05, 0.1) is 0 Å². The quantitative estimate of drug-likeness (QED) is 0.530. The molecule has 0 aromatic carbocycles. The first kappa shape index (κ1) is 14.4. The van der Waals surface area contributed by atoms with Crippen molar-refractivity contribution in [2.45, 2.75) is 33.6 Å². The van der Waals surface area contributed by atoms with Crippen molar-refractivity contribution in [1.82, 2.24) is 10.3 Å². The number of pyridine rings is 1. The normalized spacial score (nSPS) is 12.0. The van der Waals surface area contributed by atoms with Gasteiger partial charge in [0, 0.05) is 17.8 Å². The molecule has 0 saturated carbocycles. The van der Waals surface area contributed by atoms with E-state index in [1.807, 2.05) is 6.92 Å². The van der Waals surface area contributed by atoms with Crippen LogP contribution in [0.4, 0.5) is 5.82 Å². The van der Waals surface area contributed by atoms with Crippen molar-refractivity contribution in [2.75, 3.05) is 12.0 Å². The minimum Gasteiger partial charge on any atom is -0.352 e. The second-order valence-corrected chi connectivity index (χ2v) is 4.45. The van der Waals surface area contributed by atoms with Gasteiger partial charge in [-0.3, -0.25) is 4.79 Å². The van der Waals surface area contributed by atoms with E-state index in [1.54, 1.807) is 12.1 Å². The molecule has 5 nitrogen and oxygen atoms in total. The SMILES string of the molecule is CCc1cc(C(=O)NCC(C)CC)cc(NN)n1. The van der Waals surface area contributed by atoms with Crippen LogP contribution in [0.1, 0.15) is 43.2 Å². The van der Waals surface area contributed by atoms with E-state index in [2.05, 4.69) is 29.6 Å². The van der Waals surface area contributed by atoms with Crippen molar-refractivity contribution in [3.63, 3.8) is 0 Å². The van der Waals surface area contributed by atoms with Crippen molar-refractivity contribution in [2.24, 2.45) is 11.8 Å². The fourth-order valence-electron chi connectivity index (χ4n) is 1.49. The maximum atomic E-state index is 12.0. The van der Waals surface area contributed by atoms with Gasteiger partial charge in [-0.15, -0.1) is 0 Å². The molecule has 100 valence electrons. The molecule has 1 aromatic rings. The number of anilines is 1. The molecule has 1 rings (SSSR count). The molecule has 0 fully saturated rings. The lowest BCUT2D eigenvalue weighted by Gasteiger charge is -2.11. The Morgan fingerprint density at radius 2 is 2.17 bits per heavy atom. The number of nitrogens with two attached hydrogens (primary N) is 1. The molecule has 1 unspecified atom stereocenters. The van der Waals surface area contributed by atoms with Crippen LogP contribution in [0.25, 0.3) is 0 Å². The molecule has 1 aromatic heterocycles. The van der Waals surface area contributed by atoms with E-state index >= 15 is 0 Å². The Balaban J connectivity index is 2.78. The smallest absolute Gasteiger partial charge is 0.251 e. The first-order chi connectivity index (χ1) is 8.60. The van der Waals surface area contributed by atoms with E-state index in [1.165, 1.54) is 0 Å². The van der Waals surface area contributed by atoms with Gasteiger partial charge in [-0.25, -0.2) is 10.8 Å². The Bertz CT molecular complexity index is 384. The predicted molar refractivity (Wildman–Crippen MR) is 73.2 cm³/mol. The molecular formula is C13H22N4O. The summed E-state index contributed by atoms with van der Waals surface area (Å²) in [6.07, 6.45) is 1.81. The lowest BCUT2D eigenvalue weighted by molar-refractivity contribution is 0.0947. The van der Waals surface area contributed by atoms with E-state index in [4.69, 9.17) is 5.84 Å². The van der Waals surface area contributed by atoms with Crippen LogP contribution in [-0.4, -0.2) is 17.4 Å². The highest BCUT2D eigenvalue weighted by atomic mass is 16.1. The van der Waals surface area contributed by atoms with E-state index in [0.29, 0.717) is 23.8 Å². The molecule has 1 atom stereocenters. The highest BCUT2D eigenvalue weighted by Crippen LogP contribution is 2.10. The van der Waals surface area contributed by atoms with Crippen LogP contribution in [0.3, 0.4) is 0 Å². The van der Waals surface area contributed by atoms with Gasteiger partial charge in [0.15, 0.2) is 0 Å². The highest BCUT2D eigenvalue weighted by molar-refractivity contribution is 5.95. The number of hydrogen-bond acceptors (Lipinski definition) is 4. The number of carbonyl (C=O) groups excluding carboxylic acids is 1. The number of nitrogens with one attached hydrogen (secondary N) is 2. The maximum absolute atomic E-state index is 12.0. The summed E-state index contributed by atoms with van der Waals surface area (Å²) in [6.45, 7) is 6.89. The third-order valence-electron chi connectivity index (χ3n) is 2.96. The van der Waals surface area contributed by atoms with Gasteiger partial charge >= 0.3 is 0 Å². The molecule has 5 heteroatoms. The maximum Gasteiger partial charge on any atom is 0.251 e. The van der Waals surface area contributed by atoms with Crippen molar-refractivity contribution in [3.05, 3.63) is 23.4 Å². The zero-order valence-corrected chi connectivity index (χ0v) is 11.3. The van der Waals surface area contributed by atoms with Gasteiger partial charge in [-0.1, -0.05) is 27.2 Å². The van der Waals surface area contributed by atoms with Crippen LogP contribution in [0.5, 0.6) is 0 Å². The number of hydrazine groups is 1. The van der Waals surface area contributed by atoms with Crippen molar-refractivity contribution < 1.29 is 4.79 Å². The summed E-state index contributed by atoms with van der Waals surface area (Å²) in [7, 11) is 0. The molecule has 1 heterocycles. The molecule has 0 aliphatic carbocycles. The van der Waals surface area contributed by atoms with Crippen molar-refractivity contribution >= 4 is 11.7 Å². The Kier molecular flexibility index (Phi) is 5.58. The van der Waals surface area contributed by atoms with Crippen LogP contribution in [0, 0.1) is 5.92 Å². The number of amides is 1. The zero-order valence-electron chi connectivity index (χ0n) is 11.3. The molecule has 0 saturated heterocycles. The number of aromatic nitrogens is 1. The van der Waals surface area contributed by atoms with E-state index in [9.17, 15) is 4.79 Å². The van der Waals surface area contributed by atoms with E-state index in [0.717, 1.165) is 18.5 Å². The Morgan fingerprint density at radius 1 is 1.44 bits per heavy atom. The molecule has 18 heavy (non-hydrogen) atoms. The van der Waals surface area contributed by atoms with Crippen LogP contribution < -0.4 is 16.6 Å². The van der Waals surface area contributed by atoms with Crippen LogP contribution >= 0.6 is 0 Å². The monoisotopic (exact) mass is 250 g/mol. The van der Waals surface area contributed by atoms with Crippen LogP contribution in [-0.2, 0) is 6.42 Å². The summed E-state index contributed by atoms with van der Waals surface area (Å²) in [5.41, 5.74) is 3.92. The highest BCUT2D eigenvalue weighted by Gasteiger charge is 2.10. The first-order valence-electron chi connectivity index (χ1n) is 6.36. The van der Waals surface area contributed by atoms with Gasteiger partial charge in [-0.05, 0) is 24.5 Å². The summed E-state index contributed by atoms with van der Waals surface area (Å²) in [5, 5.41) is 2.92. The summed E-state index contributed by atoms with van der Waals surface area (Å²) >= 11 is 0. The minimum atomic E-state index is -0.0797. The van der Waals surface area contributed by atoms with Gasteiger partial charge in [-0.2, -0.15) is 0 Å². The van der Waals surface area contributed by atoms with Gasteiger partial charge < -0.3 is 10.7 Å². The Hall–Kier alpha value is -1.62. The standard InChI is InChI=1S/C13H22N4O/c1-4-9(3)8-15-13(18)10-6-11(5-2)16-12(7-10)17-14/h6-7,9H,4-5,8,14H2,1-3H3,(H,15,18)(H,16,17). The number of nitrogens with zero attached hydrogens (tertiary/aromatic N) is 1. The summed E-state index contributed by atoms with van der Waals surface area (Å²) < 4.78 is 0. The number of rotatable bonds is 6. The Labute approximate surface area is 108 Å². The second-order valence-electron chi connectivity index (χ2n) is 4.45. The summed E-state index contributed by atoms with van der Waals surface area (Å²) in [4.78, 5) is 16.2. The molecule has 0 aliphatic heterocycles. The average Bonchev–Trinajstić information content (AvgIpc) is 2.43. The molecule has 0 radical (unpaired) electrons. The lowest BCUT2D eigenvalue weighted by Crippen LogP contribution is -2.28. The molecule has 0 bridgehead atoms. The number of aryl methyl sites for hydroxylation is 1. The van der Waals surface area contributed by atoms with Gasteiger partial charge in [0.2, 0.25) is 0 Å². The van der Waals surface area contributed by atoms with Crippen LogP contribution in [0.2, 0.25) is 0 Å². The first-order valence-corrected chi connectivity index (χ1v) is 6.36. The second kappa shape index (κ2) is 6.96. The fraction of sp³-hybridized carbons (Fsp3) is 0.538. The largest absolute Gasteiger partial charge is 0.352 e. The number of hydrogen-bond donors (Lipinski definition) is 3. The zero-order chi connectivity index (χ0) is 13.5. The third-order valence-corrected chi connectivity index (χ3v) is 2.96. The molecule has 4 N–H and O–H groups in total.